The van der Waals surface area contributed by atoms with Crippen LogP contribution in [0.3, 0.4) is 0 Å². The van der Waals surface area contributed by atoms with Gasteiger partial charge in [-0.15, -0.1) is 0 Å². The Morgan fingerprint density at radius 2 is 2.35 bits per heavy atom. The summed E-state index contributed by atoms with van der Waals surface area (Å²) in [4.78, 5) is 14.0. The molecular formula is C14H17BrFNO3. The predicted octanol–water partition coefficient (Wildman–Crippen LogP) is 1.74. The highest BCUT2D eigenvalue weighted by atomic mass is 79.9. The lowest BCUT2D eigenvalue weighted by molar-refractivity contribution is -0.132. The van der Waals surface area contributed by atoms with Gasteiger partial charge in [-0.1, -0.05) is 22.0 Å². The van der Waals surface area contributed by atoms with E-state index < -0.39 is 0 Å². The molecule has 2 rings (SSSR count). The highest BCUT2D eigenvalue weighted by molar-refractivity contribution is 9.10. The van der Waals surface area contributed by atoms with Crippen molar-refractivity contribution in [3.05, 3.63) is 34.1 Å². The monoisotopic (exact) mass is 345 g/mol. The van der Waals surface area contributed by atoms with Crippen LogP contribution in [-0.4, -0.2) is 48.3 Å². The fourth-order valence-electron chi connectivity index (χ4n) is 2.45. The van der Waals surface area contributed by atoms with E-state index in [-0.39, 0.29) is 36.9 Å². The molecule has 2 atom stereocenters. The molecule has 1 aliphatic heterocycles. The van der Waals surface area contributed by atoms with Crippen LogP contribution >= 0.6 is 15.9 Å². The lowest BCUT2D eigenvalue weighted by Gasteiger charge is -2.23. The first-order valence-corrected chi connectivity index (χ1v) is 7.21. The number of halogens is 2. The zero-order valence-corrected chi connectivity index (χ0v) is 12.8. The first-order valence-electron chi connectivity index (χ1n) is 6.42. The molecule has 0 saturated carbocycles. The number of nitrogens with zero attached hydrogens (tertiary/aromatic N) is 1. The molecule has 20 heavy (non-hydrogen) atoms. The van der Waals surface area contributed by atoms with Crippen LogP contribution in [0.15, 0.2) is 22.7 Å². The van der Waals surface area contributed by atoms with Gasteiger partial charge in [0, 0.05) is 18.1 Å². The van der Waals surface area contributed by atoms with E-state index >= 15 is 0 Å². The van der Waals surface area contributed by atoms with Crippen LogP contribution in [0.4, 0.5) is 4.39 Å². The zero-order valence-electron chi connectivity index (χ0n) is 11.2. The second kappa shape index (κ2) is 6.65. The fraction of sp³-hybridized carbons (Fsp3) is 0.500. The number of hydrogen-bond donors (Lipinski definition) is 1. The molecule has 0 spiro atoms. The van der Waals surface area contributed by atoms with Crippen molar-refractivity contribution in [2.45, 2.75) is 25.0 Å². The normalized spacial score (nSPS) is 22.3. The average Bonchev–Trinajstić information content (AvgIpc) is 2.85. The molecule has 1 saturated heterocycles. The van der Waals surface area contributed by atoms with Crippen molar-refractivity contribution in [3.8, 4) is 0 Å². The van der Waals surface area contributed by atoms with E-state index in [1.807, 2.05) is 0 Å². The SMILES string of the molecule is CO[C@@H]1C[C@@H](CO)N(C(=O)Cc2ccc(F)cc2Br)C1. The third-order valence-corrected chi connectivity index (χ3v) is 4.34. The minimum absolute atomic E-state index is 0.0345. The van der Waals surface area contributed by atoms with E-state index in [1.54, 1.807) is 18.1 Å². The maximum Gasteiger partial charge on any atom is 0.227 e. The molecule has 1 aromatic carbocycles. The Hall–Kier alpha value is -0.980. The van der Waals surface area contributed by atoms with Crippen LogP contribution in [0.5, 0.6) is 0 Å². The van der Waals surface area contributed by atoms with Crippen molar-refractivity contribution >= 4 is 21.8 Å². The van der Waals surface area contributed by atoms with Crippen molar-refractivity contribution in [2.75, 3.05) is 20.3 Å². The average molecular weight is 346 g/mol. The number of hydrogen-bond acceptors (Lipinski definition) is 3. The number of amides is 1. The molecule has 0 unspecified atom stereocenters. The lowest BCUT2D eigenvalue weighted by Crippen LogP contribution is -2.39. The van der Waals surface area contributed by atoms with Gasteiger partial charge >= 0.3 is 0 Å². The number of likely N-dealkylation sites (tertiary alicyclic amines) is 1. The van der Waals surface area contributed by atoms with Gasteiger partial charge in [-0.3, -0.25) is 4.79 Å². The van der Waals surface area contributed by atoms with Crippen LogP contribution < -0.4 is 0 Å². The summed E-state index contributed by atoms with van der Waals surface area (Å²) in [5, 5.41) is 9.35. The van der Waals surface area contributed by atoms with Gasteiger partial charge in [0.25, 0.3) is 0 Å². The zero-order chi connectivity index (χ0) is 14.7. The molecule has 0 bridgehead atoms. The minimum atomic E-state index is -0.345. The van der Waals surface area contributed by atoms with Crippen LogP contribution in [0.1, 0.15) is 12.0 Å². The Labute approximate surface area is 125 Å². The minimum Gasteiger partial charge on any atom is -0.394 e. The van der Waals surface area contributed by atoms with Crippen LogP contribution in [0.25, 0.3) is 0 Å². The van der Waals surface area contributed by atoms with Crippen molar-refractivity contribution in [2.24, 2.45) is 0 Å². The Bertz CT molecular complexity index is 497. The Kier molecular flexibility index (Phi) is 5.12. The first kappa shape index (κ1) is 15.4. The van der Waals surface area contributed by atoms with Gasteiger partial charge in [0.05, 0.1) is 25.2 Å². The topological polar surface area (TPSA) is 49.8 Å². The second-order valence-electron chi connectivity index (χ2n) is 4.89. The van der Waals surface area contributed by atoms with Crippen LogP contribution in [0.2, 0.25) is 0 Å². The lowest BCUT2D eigenvalue weighted by atomic mass is 10.1. The summed E-state index contributed by atoms with van der Waals surface area (Å²) in [6.45, 7) is 0.412. The van der Waals surface area contributed by atoms with E-state index in [2.05, 4.69) is 15.9 Å². The van der Waals surface area contributed by atoms with E-state index in [1.165, 1.54) is 12.1 Å². The molecule has 4 nitrogen and oxygen atoms in total. The maximum absolute atomic E-state index is 13.0. The van der Waals surface area contributed by atoms with Crippen molar-refractivity contribution in [1.82, 2.24) is 4.90 Å². The van der Waals surface area contributed by atoms with Crippen molar-refractivity contribution in [1.29, 1.82) is 0 Å². The molecule has 0 radical (unpaired) electrons. The van der Waals surface area contributed by atoms with Gasteiger partial charge < -0.3 is 14.7 Å². The third kappa shape index (κ3) is 3.37. The summed E-state index contributed by atoms with van der Waals surface area (Å²) in [6, 6.07) is 4.06. The molecule has 1 N–H and O–H groups in total. The van der Waals surface area contributed by atoms with Gasteiger partial charge in [0.15, 0.2) is 0 Å². The molecule has 1 heterocycles. The number of aliphatic hydroxyl groups excluding tert-OH is 1. The summed E-state index contributed by atoms with van der Waals surface area (Å²) < 4.78 is 18.9. The van der Waals surface area contributed by atoms with Crippen molar-refractivity contribution < 1.29 is 19.0 Å². The number of ether oxygens (including phenoxy) is 1. The van der Waals surface area contributed by atoms with Crippen LogP contribution in [0, 0.1) is 5.82 Å². The molecule has 1 aromatic rings. The molecule has 110 valence electrons. The quantitative estimate of drug-likeness (QED) is 0.904. The molecule has 1 amide bonds. The number of carbonyl (C=O) groups excluding carboxylic acids is 1. The summed E-state index contributed by atoms with van der Waals surface area (Å²) in [5.74, 6) is -0.433. The van der Waals surface area contributed by atoms with Crippen LogP contribution in [-0.2, 0) is 16.0 Å². The molecule has 1 aliphatic rings. The number of rotatable bonds is 4. The fourth-order valence-corrected chi connectivity index (χ4v) is 2.94. The summed E-state index contributed by atoms with van der Waals surface area (Å²) in [7, 11) is 1.60. The smallest absolute Gasteiger partial charge is 0.227 e. The third-order valence-electron chi connectivity index (χ3n) is 3.60. The predicted molar refractivity (Wildman–Crippen MR) is 75.8 cm³/mol. The second-order valence-corrected chi connectivity index (χ2v) is 5.74. The van der Waals surface area contributed by atoms with E-state index in [0.717, 1.165) is 5.56 Å². The van der Waals surface area contributed by atoms with Gasteiger partial charge in [0.1, 0.15) is 5.82 Å². The van der Waals surface area contributed by atoms with E-state index in [4.69, 9.17) is 4.74 Å². The van der Waals surface area contributed by atoms with Gasteiger partial charge in [-0.25, -0.2) is 4.39 Å². The van der Waals surface area contributed by atoms with Crippen molar-refractivity contribution in [3.63, 3.8) is 0 Å². The van der Waals surface area contributed by atoms with Gasteiger partial charge in [0.2, 0.25) is 5.91 Å². The highest BCUT2D eigenvalue weighted by Gasteiger charge is 2.34. The molecular weight excluding hydrogens is 329 g/mol. The maximum atomic E-state index is 13.0. The standard InChI is InChI=1S/C14H17BrFNO3/c1-20-12-6-11(8-18)17(7-12)14(19)4-9-2-3-10(16)5-13(9)15/h2-3,5,11-12,18H,4,6-8H2,1H3/t11-,12+/m0/s1. The first-order chi connectivity index (χ1) is 9.55. The van der Waals surface area contributed by atoms with Gasteiger partial charge in [-0.05, 0) is 24.1 Å². The molecule has 0 aliphatic carbocycles. The Morgan fingerprint density at radius 1 is 1.60 bits per heavy atom. The summed E-state index contributed by atoms with van der Waals surface area (Å²) in [6.07, 6.45) is 0.782. The highest BCUT2D eigenvalue weighted by Crippen LogP contribution is 2.23. The van der Waals surface area contributed by atoms with Gasteiger partial charge in [-0.2, -0.15) is 0 Å². The number of benzene rings is 1. The summed E-state index contributed by atoms with van der Waals surface area (Å²) in [5.41, 5.74) is 0.731. The number of carbonyl (C=O) groups is 1. The summed E-state index contributed by atoms with van der Waals surface area (Å²) >= 11 is 3.26. The van der Waals surface area contributed by atoms with E-state index in [0.29, 0.717) is 17.4 Å². The van der Waals surface area contributed by atoms with E-state index in [9.17, 15) is 14.3 Å². The molecule has 6 heteroatoms. The molecule has 1 fully saturated rings. The Balaban J connectivity index is 2.07. The number of methoxy groups -OCH3 is 1. The Morgan fingerprint density at radius 3 is 2.95 bits per heavy atom. The number of aliphatic hydroxyl groups is 1. The largest absolute Gasteiger partial charge is 0.394 e. The molecule has 0 aromatic heterocycles.